The molecule has 58 heavy (non-hydrogen) atoms. The van der Waals surface area contributed by atoms with Gasteiger partial charge in [-0.05, 0) is 134 Å². The zero-order valence-electron chi connectivity index (χ0n) is 32.5. The van der Waals surface area contributed by atoms with Crippen LogP contribution in [0.1, 0.15) is 46.2 Å². The Morgan fingerprint density at radius 1 is 0.345 bits per heavy atom. The van der Waals surface area contributed by atoms with Gasteiger partial charge in [0.05, 0.1) is 11.1 Å². The first-order valence-electron chi connectivity index (χ1n) is 20.7. The summed E-state index contributed by atoms with van der Waals surface area (Å²) in [6.45, 7) is 0. The molecule has 2 aliphatic carbocycles. The predicted molar refractivity (Wildman–Crippen MR) is 243 cm³/mol. The van der Waals surface area contributed by atoms with Crippen LogP contribution in [0.15, 0.2) is 212 Å². The Morgan fingerprint density at radius 2 is 0.931 bits per heavy atom. The molecule has 0 amide bonds. The molecule has 2 aliphatic rings. The highest BCUT2D eigenvalue weighted by atomic mass is 15.1. The summed E-state index contributed by atoms with van der Waals surface area (Å²) < 4.78 is 0. The molecule has 0 bridgehead atoms. The number of anilines is 3. The molecule has 9 aromatic rings. The summed E-state index contributed by atoms with van der Waals surface area (Å²) in [4.78, 5) is 2.51. The third-order valence-electron chi connectivity index (χ3n) is 12.7. The molecule has 0 spiro atoms. The van der Waals surface area contributed by atoms with Gasteiger partial charge in [0.1, 0.15) is 0 Å². The lowest BCUT2D eigenvalue weighted by molar-refractivity contribution is 0.686. The maximum atomic E-state index is 2.55. The maximum absolute atomic E-state index is 2.55. The van der Waals surface area contributed by atoms with E-state index < -0.39 is 5.41 Å². The smallest absolute Gasteiger partial charge is 0.0714 e. The minimum atomic E-state index is -0.524. The summed E-state index contributed by atoms with van der Waals surface area (Å²) in [7, 11) is 0. The highest BCUT2D eigenvalue weighted by Gasteiger charge is 2.46. The number of nitrogens with zero attached hydrogens (tertiary/aromatic N) is 1. The number of rotatable bonds is 7. The van der Waals surface area contributed by atoms with Gasteiger partial charge in [0.2, 0.25) is 0 Å². The third kappa shape index (κ3) is 5.61. The van der Waals surface area contributed by atoms with Gasteiger partial charge in [0.25, 0.3) is 0 Å². The van der Waals surface area contributed by atoms with Gasteiger partial charge in [-0.1, -0.05) is 176 Å². The van der Waals surface area contributed by atoms with Gasteiger partial charge in [-0.25, -0.2) is 0 Å². The molecule has 1 heteroatoms. The van der Waals surface area contributed by atoms with Crippen molar-refractivity contribution in [1.29, 1.82) is 0 Å². The van der Waals surface area contributed by atoms with Crippen molar-refractivity contribution in [1.82, 2.24) is 0 Å². The van der Waals surface area contributed by atoms with Crippen LogP contribution in [0, 0.1) is 0 Å². The molecule has 0 aromatic heterocycles. The molecule has 9 aromatic carbocycles. The molecule has 0 N–H and O–H groups in total. The summed E-state index contributed by atoms with van der Waals surface area (Å²) in [5.41, 5.74) is 18.5. The normalized spacial score (nSPS) is 13.7. The fourth-order valence-electron chi connectivity index (χ4n) is 9.97. The van der Waals surface area contributed by atoms with E-state index >= 15 is 0 Å². The Morgan fingerprint density at radius 3 is 1.67 bits per heavy atom. The van der Waals surface area contributed by atoms with E-state index in [1.165, 1.54) is 96.1 Å². The van der Waals surface area contributed by atoms with E-state index in [4.69, 9.17) is 0 Å². The zero-order valence-corrected chi connectivity index (χ0v) is 32.5. The minimum Gasteiger partial charge on any atom is -0.310 e. The lowest BCUT2D eigenvalue weighted by atomic mass is 9.67. The molecule has 276 valence electrons. The largest absolute Gasteiger partial charge is 0.310 e. The highest BCUT2D eigenvalue weighted by molar-refractivity contribution is 5.98. The number of hydrogen-bond acceptors (Lipinski definition) is 1. The summed E-state index contributed by atoms with van der Waals surface area (Å²) in [5, 5.41) is 2.45. The quantitative estimate of drug-likeness (QED) is 0.157. The molecule has 0 radical (unpaired) electrons. The van der Waals surface area contributed by atoms with Crippen LogP contribution in [0.5, 0.6) is 0 Å². The first kappa shape index (κ1) is 34.3. The summed E-state index contributed by atoms with van der Waals surface area (Å²) in [6, 6.07) is 79.3. The van der Waals surface area contributed by atoms with Crippen molar-refractivity contribution in [3.63, 3.8) is 0 Å². The third-order valence-corrected chi connectivity index (χ3v) is 12.7. The standard InChI is InChI=1S/C57H43N/c1-4-16-40(17-5-1)43-30-33-49(34-31-43)58(50-35-32-42-19-11-13-21-45(42)37-50)56-39-55-53(38-52(56)46-29-28-41-18-10-12-20-44(41)36-46)51-26-14-15-27-54(51)57(55,47-22-6-2-7-23-47)48-24-8-3-9-25-48/h1-9,11,13-17,19,21-39H,10,12,18,20H2. The van der Waals surface area contributed by atoms with Crippen LogP contribution in [0.4, 0.5) is 17.1 Å². The van der Waals surface area contributed by atoms with Gasteiger partial charge in [0, 0.05) is 16.9 Å². The molecule has 0 saturated heterocycles. The van der Waals surface area contributed by atoms with Crippen molar-refractivity contribution in [3.8, 4) is 33.4 Å². The van der Waals surface area contributed by atoms with E-state index in [2.05, 4.69) is 217 Å². The monoisotopic (exact) mass is 741 g/mol. The lowest BCUT2D eigenvalue weighted by Gasteiger charge is -2.35. The molecule has 0 heterocycles. The highest BCUT2D eigenvalue weighted by Crippen LogP contribution is 2.59. The average Bonchev–Trinajstić information content (AvgIpc) is 3.59. The second kappa shape index (κ2) is 14.2. The second-order valence-electron chi connectivity index (χ2n) is 15.9. The molecule has 0 aliphatic heterocycles. The van der Waals surface area contributed by atoms with E-state index in [1.54, 1.807) is 0 Å². The minimum absolute atomic E-state index is 0.524. The van der Waals surface area contributed by atoms with Gasteiger partial charge in [-0.15, -0.1) is 0 Å². The van der Waals surface area contributed by atoms with Crippen LogP contribution in [0.2, 0.25) is 0 Å². The van der Waals surface area contributed by atoms with Crippen LogP contribution < -0.4 is 4.90 Å². The van der Waals surface area contributed by atoms with Crippen molar-refractivity contribution >= 4 is 27.8 Å². The first-order chi connectivity index (χ1) is 28.8. The zero-order chi connectivity index (χ0) is 38.5. The summed E-state index contributed by atoms with van der Waals surface area (Å²) in [5.74, 6) is 0. The predicted octanol–water partition coefficient (Wildman–Crippen LogP) is 14.9. The second-order valence-corrected chi connectivity index (χ2v) is 15.9. The van der Waals surface area contributed by atoms with Crippen LogP contribution in [0.3, 0.4) is 0 Å². The summed E-state index contributed by atoms with van der Waals surface area (Å²) >= 11 is 0. The number of hydrogen-bond donors (Lipinski definition) is 0. The van der Waals surface area contributed by atoms with Gasteiger partial charge in [-0.2, -0.15) is 0 Å². The van der Waals surface area contributed by atoms with E-state index in [0.29, 0.717) is 0 Å². The van der Waals surface area contributed by atoms with Crippen molar-refractivity contribution < 1.29 is 0 Å². The summed E-state index contributed by atoms with van der Waals surface area (Å²) in [6.07, 6.45) is 4.80. The van der Waals surface area contributed by atoms with Crippen molar-refractivity contribution in [2.45, 2.75) is 31.1 Å². The fourth-order valence-corrected chi connectivity index (χ4v) is 9.97. The van der Waals surface area contributed by atoms with E-state index in [-0.39, 0.29) is 0 Å². The lowest BCUT2D eigenvalue weighted by Crippen LogP contribution is -2.28. The van der Waals surface area contributed by atoms with Crippen LogP contribution in [-0.4, -0.2) is 0 Å². The number of benzene rings is 9. The Bertz CT molecular complexity index is 2890. The first-order valence-corrected chi connectivity index (χ1v) is 20.7. The van der Waals surface area contributed by atoms with E-state index in [9.17, 15) is 0 Å². The van der Waals surface area contributed by atoms with E-state index in [0.717, 1.165) is 24.2 Å². The Labute approximate surface area is 341 Å². The fraction of sp³-hybridized carbons (Fsp3) is 0.0877. The molecule has 0 saturated carbocycles. The number of aryl methyl sites for hydroxylation is 2. The molecule has 0 unspecified atom stereocenters. The van der Waals surface area contributed by atoms with Crippen LogP contribution >= 0.6 is 0 Å². The van der Waals surface area contributed by atoms with Crippen molar-refractivity contribution in [2.24, 2.45) is 0 Å². The topological polar surface area (TPSA) is 3.24 Å². The van der Waals surface area contributed by atoms with E-state index in [1.807, 2.05) is 0 Å². The van der Waals surface area contributed by atoms with Gasteiger partial charge >= 0.3 is 0 Å². The Balaban J connectivity index is 1.24. The van der Waals surface area contributed by atoms with Crippen molar-refractivity contribution in [2.75, 3.05) is 4.90 Å². The molecular formula is C57H43N. The van der Waals surface area contributed by atoms with Crippen molar-refractivity contribution in [3.05, 3.63) is 246 Å². The maximum Gasteiger partial charge on any atom is 0.0714 e. The molecule has 0 fully saturated rings. The van der Waals surface area contributed by atoms with Gasteiger partial charge in [-0.3, -0.25) is 0 Å². The number of fused-ring (bicyclic) bond motifs is 5. The van der Waals surface area contributed by atoms with Gasteiger partial charge in [0.15, 0.2) is 0 Å². The van der Waals surface area contributed by atoms with Crippen LogP contribution in [0.25, 0.3) is 44.2 Å². The molecule has 0 atom stereocenters. The SMILES string of the molecule is c1ccc(-c2ccc(N(c3ccc4ccccc4c3)c3cc4c(cc3-c3ccc5c(c3)CCCC5)-c3ccccc3C4(c3ccccc3)c3ccccc3)cc2)cc1. The molecule has 11 rings (SSSR count). The Hall–Kier alpha value is -6.96. The molecule has 1 nitrogen and oxygen atoms in total. The average molecular weight is 742 g/mol. The van der Waals surface area contributed by atoms with Crippen LogP contribution in [-0.2, 0) is 18.3 Å². The Kier molecular flexibility index (Phi) is 8.40. The molecular weight excluding hydrogens is 699 g/mol. The van der Waals surface area contributed by atoms with Gasteiger partial charge < -0.3 is 4.90 Å².